The molecule has 1 heterocycles. The van der Waals surface area contributed by atoms with Crippen molar-refractivity contribution < 1.29 is 5.02 Å². The van der Waals surface area contributed by atoms with Crippen LogP contribution in [0.3, 0.4) is 0 Å². The Morgan fingerprint density at radius 1 is 1.27 bits per heavy atom. The van der Waals surface area contributed by atoms with Gasteiger partial charge in [0.05, 0.1) is 0 Å². The molecule has 1 aromatic carbocycles. The minimum atomic E-state index is 0.112. The van der Waals surface area contributed by atoms with Crippen LogP contribution in [0, 0.1) is 0 Å². The van der Waals surface area contributed by atoms with Gasteiger partial charge in [0, 0.05) is 11.7 Å². The van der Waals surface area contributed by atoms with Crippen molar-refractivity contribution in [3.63, 3.8) is 0 Å². The van der Waals surface area contributed by atoms with Crippen molar-refractivity contribution >= 4 is 23.8 Å². The zero-order chi connectivity index (χ0) is 7.68. The Hall–Kier alpha value is -1.22. The van der Waals surface area contributed by atoms with Gasteiger partial charge in [-0.1, -0.05) is 17.6 Å². The third-order valence-electron chi connectivity index (χ3n) is 1.80. The molecule has 0 spiro atoms. The monoisotopic (exact) mass is 145 g/mol. The highest BCUT2D eigenvalue weighted by molar-refractivity contribution is 6.45. The molecule has 0 amide bonds. The van der Waals surface area contributed by atoms with E-state index in [1.165, 1.54) is 0 Å². The number of hydrogen-bond donors (Lipinski definition) is 2. The largest absolute Gasteiger partial charge is 0.449 e. The highest BCUT2D eigenvalue weighted by atomic mass is 16.2. The summed E-state index contributed by atoms with van der Waals surface area (Å²) in [5, 5.41) is 9.97. The van der Waals surface area contributed by atoms with Crippen LogP contribution >= 0.6 is 0 Å². The van der Waals surface area contributed by atoms with Gasteiger partial charge >= 0.3 is 7.48 Å². The maximum absolute atomic E-state index is 8.82. The van der Waals surface area contributed by atoms with Crippen molar-refractivity contribution in [1.29, 1.82) is 0 Å². The number of benzene rings is 1. The summed E-state index contributed by atoms with van der Waals surface area (Å²) in [6.07, 6.45) is 1.89. The first kappa shape index (κ1) is 6.49. The first-order chi connectivity index (χ1) is 5.40. The lowest BCUT2D eigenvalue weighted by Crippen LogP contribution is -2.11. The lowest BCUT2D eigenvalue weighted by molar-refractivity contribution is 0.615. The summed E-state index contributed by atoms with van der Waals surface area (Å²) in [6, 6.07) is 7.86. The zero-order valence-corrected chi connectivity index (χ0v) is 6.04. The van der Waals surface area contributed by atoms with E-state index >= 15 is 0 Å². The van der Waals surface area contributed by atoms with Crippen molar-refractivity contribution in [2.24, 2.45) is 0 Å². The predicted molar refractivity (Wildman–Crippen MR) is 47.3 cm³/mol. The van der Waals surface area contributed by atoms with Crippen LogP contribution in [0.4, 0.5) is 0 Å². The Labute approximate surface area is 65.1 Å². The van der Waals surface area contributed by atoms with E-state index in [2.05, 4.69) is 4.98 Å². The summed E-state index contributed by atoms with van der Waals surface area (Å²) in [5.74, 6) is 0. The van der Waals surface area contributed by atoms with E-state index in [0.717, 1.165) is 16.4 Å². The summed E-state index contributed by atoms with van der Waals surface area (Å²) in [6.45, 7) is 0. The standard InChI is InChI=1S/C8H8BNO/c11-9-7-1-2-8-6(5-7)3-4-10-8/h1-5,9-11H. The van der Waals surface area contributed by atoms with Gasteiger partial charge in [-0.3, -0.25) is 0 Å². The number of hydrogen-bond acceptors (Lipinski definition) is 1. The third-order valence-corrected chi connectivity index (χ3v) is 1.80. The van der Waals surface area contributed by atoms with Crippen molar-refractivity contribution in [3.05, 3.63) is 30.5 Å². The smallest absolute Gasteiger partial charge is 0.304 e. The Morgan fingerprint density at radius 3 is 3.00 bits per heavy atom. The quantitative estimate of drug-likeness (QED) is 0.550. The summed E-state index contributed by atoms with van der Waals surface area (Å²) in [5.41, 5.74) is 2.07. The average molecular weight is 145 g/mol. The molecule has 0 aliphatic heterocycles. The van der Waals surface area contributed by atoms with Gasteiger partial charge in [-0.2, -0.15) is 0 Å². The second-order valence-electron chi connectivity index (χ2n) is 2.56. The number of fused-ring (bicyclic) bond motifs is 1. The molecule has 2 nitrogen and oxygen atoms in total. The van der Waals surface area contributed by atoms with E-state index in [0.29, 0.717) is 0 Å². The fourth-order valence-electron chi connectivity index (χ4n) is 1.20. The summed E-state index contributed by atoms with van der Waals surface area (Å²) in [4.78, 5) is 3.09. The molecule has 0 aliphatic carbocycles. The molecule has 0 aliphatic rings. The number of nitrogens with one attached hydrogen (secondary N) is 1. The molecule has 11 heavy (non-hydrogen) atoms. The van der Waals surface area contributed by atoms with Crippen LogP contribution in [0.15, 0.2) is 30.5 Å². The van der Waals surface area contributed by atoms with Crippen molar-refractivity contribution in [1.82, 2.24) is 4.98 Å². The van der Waals surface area contributed by atoms with Gasteiger partial charge in [-0.15, -0.1) is 0 Å². The van der Waals surface area contributed by atoms with Crippen molar-refractivity contribution in [3.8, 4) is 0 Å². The Balaban J connectivity index is 2.67. The third kappa shape index (κ3) is 1.03. The Bertz CT molecular complexity index is 369. The number of rotatable bonds is 1. The van der Waals surface area contributed by atoms with Crippen LogP contribution in [0.25, 0.3) is 10.9 Å². The lowest BCUT2D eigenvalue weighted by atomic mass is 9.88. The molecule has 0 atom stereocenters. The van der Waals surface area contributed by atoms with Crippen molar-refractivity contribution in [2.75, 3.05) is 0 Å². The van der Waals surface area contributed by atoms with Crippen LogP contribution in [-0.4, -0.2) is 17.5 Å². The van der Waals surface area contributed by atoms with E-state index in [9.17, 15) is 0 Å². The highest BCUT2D eigenvalue weighted by Crippen LogP contribution is 2.08. The summed E-state index contributed by atoms with van der Waals surface area (Å²) >= 11 is 0. The molecule has 0 saturated carbocycles. The molecular weight excluding hydrogens is 137 g/mol. The number of H-pyrrole nitrogens is 1. The number of aromatic nitrogens is 1. The van der Waals surface area contributed by atoms with Gasteiger partial charge in [-0.05, 0) is 17.5 Å². The van der Waals surface area contributed by atoms with E-state index in [1.807, 2.05) is 30.5 Å². The van der Waals surface area contributed by atoms with Crippen LogP contribution in [0.1, 0.15) is 0 Å². The van der Waals surface area contributed by atoms with Gasteiger partial charge in [0.2, 0.25) is 0 Å². The molecule has 1 aromatic heterocycles. The Kier molecular flexibility index (Phi) is 1.44. The van der Waals surface area contributed by atoms with Gasteiger partial charge in [0.25, 0.3) is 0 Å². The molecule has 2 N–H and O–H groups in total. The summed E-state index contributed by atoms with van der Waals surface area (Å²) < 4.78 is 0. The van der Waals surface area contributed by atoms with Gasteiger partial charge in [0.1, 0.15) is 0 Å². The molecule has 0 saturated heterocycles. The SMILES string of the molecule is OBc1ccc2[nH]ccc2c1. The minimum Gasteiger partial charge on any atom is -0.449 e. The van der Waals surface area contributed by atoms with E-state index in [-0.39, 0.29) is 7.48 Å². The normalized spacial score (nSPS) is 10.3. The molecule has 2 rings (SSSR count). The molecule has 0 bridgehead atoms. The number of aromatic amines is 1. The second kappa shape index (κ2) is 2.44. The fourth-order valence-corrected chi connectivity index (χ4v) is 1.20. The molecular formula is C8H8BNO. The second-order valence-corrected chi connectivity index (χ2v) is 2.56. The van der Waals surface area contributed by atoms with Crippen LogP contribution in [0.2, 0.25) is 0 Å². The molecule has 0 unspecified atom stereocenters. The fraction of sp³-hybridized carbons (Fsp3) is 0. The maximum atomic E-state index is 8.82. The first-order valence-corrected chi connectivity index (χ1v) is 3.57. The maximum Gasteiger partial charge on any atom is 0.304 e. The Morgan fingerprint density at radius 2 is 2.18 bits per heavy atom. The molecule has 2 aromatic rings. The first-order valence-electron chi connectivity index (χ1n) is 3.57. The predicted octanol–water partition coefficient (Wildman–Crippen LogP) is 0.137. The van der Waals surface area contributed by atoms with Crippen LogP contribution < -0.4 is 5.46 Å². The topological polar surface area (TPSA) is 36.0 Å². The average Bonchev–Trinajstić information content (AvgIpc) is 2.50. The molecule has 0 radical (unpaired) electrons. The molecule has 0 fully saturated rings. The minimum absolute atomic E-state index is 0.112. The lowest BCUT2D eigenvalue weighted by Gasteiger charge is -1.93. The van der Waals surface area contributed by atoms with E-state index < -0.39 is 0 Å². The van der Waals surface area contributed by atoms with Crippen molar-refractivity contribution in [2.45, 2.75) is 0 Å². The van der Waals surface area contributed by atoms with E-state index in [1.54, 1.807) is 0 Å². The summed E-state index contributed by atoms with van der Waals surface area (Å²) in [7, 11) is 0.112. The van der Waals surface area contributed by atoms with Gasteiger partial charge in [-0.25, -0.2) is 0 Å². The van der Waals surface area contributed by atoms with E-state index in [4.69, 9.17) is 5.02 Å². The zero-order valence-electron chi connectivity index (χ0n) is 6.04. The van der Waals surface area contributed by atoms with Crippen LogP contribution in [-0.2, 0) is 0 Å². The molecule has 3 heteroatoms. The highest BCUT2D eigenvalue weighted by Gasteiger charge is 1.95. The molecule has 54 valence electrons. The van der Waals surface area contributed by atoms with Crippen LogP contribution in [0.5, 0.6) is 0 Å². The van der Waals surface area contributed by atoms with Gasteiger partial charge in [0.15, 0.2) is 0 Å². The van der Waals surface area contributed by atoms with Gasteiger partial charge < -0.3 is 10.0 Å².